The number of hydrogen-bond acceptors (Lipinski definition) is 2. The standard InChI is InChI=1S/C22H20ClNO/c1-2-13-15-7-5-8-16-14-6-3-4-9-20(14)25-21(22(15)16)12-19(13)24-18-11-10-17(18)23/h3-9,12,17-18,24H,2,10-11H2,1H3/t17-,18?/m0/s1. The van der Waals surface area contributed by atoms with Crippen molar-refractivity contribution in [2.24, 2.45) is 0 Å². The Morgan fingerprint density at radius 1 is 1.04 bits per heavy atom. The van der Waals surface area contributed by atoms with E-state index in [1.807, 2.05) is 12.1 Å². The van der Waals surface area contributed by atoms with Crippen molar-refractivity contribution in [1.29, 1.82) is 0 Å². The number of halogens is 1. The highest BCUT2D eigenvalue weighted by atomic mass is 35.5. The Morgan fingerprint density at radius 2 is 1.88 bits per heavy atom. The normalized spacial score (nSPS) is 20.6. The van der Waals surface area contributed by atoms with Crippen molar-refractivity contribution in [3.63, 3.8) is 0 Å². The van der Waals surface area contributed by atoms with Crippen LogP contribution in [0.2, 0.25) is 0 Å². The highest BCUT2D eigenvalue weighted by molar-refractivity contribution is 6.21. The molecule has 3 heteroatoms. The van der Waals surface area contributed by atoms with E-state index in [1.165, 1.54) is 27.5 Å². The van der Waals surface area contributed by atoms with Crippen molar-refractivity contribution in [1.82, 2.24) is 0 Å². The minimum atomic E-state index is 0.227. The van der Waals surface area contributed by atoms with Gasteiger partial charge in [-0.2, -0.15) is 0 Å². The number of hydrogen-bond donors (Lipinski definition) is 1. The third-order valence-electron chi connectivity index (χ3n) is 5.52. The third-order valence-corrected chi connectivity index (χ3v) is 6.04. The van der Waals surface area contributed by atoms with Crippen LogP contribution >= 0.6 is 11.6 Å². The lowest BCUT2D eigenvalue weighted by Gasteiger charge is -2.34. The van der Waals surface area contributed by atoms with Crippen molar-refractivity contribution in [3.8, 4) is 22.6 Å². The molecule has 0 amide bonds. The van der Waals surface area contributed by atoms with Gasteiger partial charge in [0.1, 0.15) is 11.5 Å². The summed E-state index contributed by atoms with van der Waals surface area (Å²) in [7, 11) is 0. The molecular formula is C22H20ClNO. The molecule has 3 aromatic rings. The summed E-state index contributed by atoms with van der Waals surface area (Å²) >= 11 is 6.36. The van der Waals surface area contributed by atoms with Crippen molar-refractivity contribution < 1.29 is 4.74 Å². The molecule has 0 spiro atoms. The quantitative estimate of drug-likeness (QED) is 0.435. The lowest BCUT2D eigenvalue weighted by Crippen LogP contribution is -2.39. The molecule has 126 valence electrons. The lowest BCUT2D eigenvalue weighted by molar-refractivity contribution is 0.454. The Kier molecular flexibility index (Phi) is 3.42. The molecular weight excluding hydrogens is 330 g/mol. The van der Waals surface area contributed by atoms with Gasteiger partial charge in [-0.05, 0) is 41.8 Å². The smallest absolute Gasteiger partial charge is 0.137 e. The monoisotopic (exact) mass is 349 g/mol. The highest BCUT2D eigenvalue weighted by Crippen LogP contribution is 2.49. The van der Waals surface area contributed by atoms with Gasteiger partial charge in [0.05, 0.1) is 5.38 Å². The lowest BCUT2D eigenvalue weighted by atomic mass is 9.89. The first-order valence-corrected chi connectivity index (χ1v) is 9.46. The Morgan fingerprint density at radius 3 is 2.64 bits per heavy atom. The van der Waals surface area contributed by atoms with E-state index in [9.17, 15) is 0 Å². The first kappa shape index (κ1) is 15.1. The summed E-state index contributed by atoms with van der Waals surface area (Å²) in [6, 6.07) is 17.4. The van der Waals surface area contributed by atoms with Gasteiger partial charge in [0.15, 0.2) is 0 Å². The van der Waals surface area contributed by atoms with Gasteiger partial charge in [0.25, 0.3) is 0 Å². The summed E-state index contributed by atoms with van der Waals surface area (Å²) in [6.07, 6.45) is 3.20. The predicted octanol–water partition coefficient (Wildman–Crippen LogP) is 6.36. The second-order valence-electron chi connectivity index (χ2n) is 6.92. The molecule has 1 fully saturated rings. The van der Waals surface area contributed by atoms with E-state index in [0.29, 0.717) is 6.04 Å². The molecule has 25 heavy (non-hydrogen) atoms. The average molecular weight is 350 g/mol. The fourth-order valence-electron chi connectivity index (χ4n) is 4.04. The Hall–Kier alpha value is -2.19. The van der Waals surface area contributed by atoms with E-state index in [2.05, 4.69) is 48.6 Å². The van der Waals surface area contributed by atoms with Crippen LogP contribution in [0, 0.1) is 0 Å². The average Bonchev–Trinajstić information content (AvgIpc) is 2.65. The van der Waals surface area contributed by atoms with Gasteiger partial charge in [0, 0.05) is 28.7 Å². The van der Waals surface area contributed by atoms with Crippen molar-refractivity contribution >= 4 is 28.1 Å². The third kappa shape index (κ3) is 2.24. The van der Waals surface area contributed by atoms with Gasteiger partial charge in [-0.15, -0.1) is 11.6 Å². The Labute approximate surface area is 152 Å². The van der Waals surface area contributed by atoms with E-state index >= 15 is 0 Å². The van der Waals surface area contributed by atoms with Crippen molar-refractivity contribution in [3.05, 3.63) is 54.1 Å². The molecule has 0 radical (unpaired) electrons. The molecule has 2 atom stereocenters. The first-order valence-electron chi connectivity index (χ1n) is 9.02. The SMILES string of the molecule is CCc1c(NC2CC[C@@H]2Cl)cc2c3c(cccc13)-c1ccccc1O2. The van der Waals surface area contributed by atoms with Crippen molar-refractivity contribution in [2.45, 2.75) is 37.6 Å². The highest BCUT2D eigenvalue weighted by Gasteiger charge is 2.30. The van der Waals surface area contributed by atoms with Gasteiger partial charge < -0.3 is 10.1 Å². The zero-order valence-electron chi connectivity index (χ0n) is 14.2. The zero-order chi connectivity index (χ0) is 17.0. The van der Waals surface area contributed by atoms with Crippen LogP contribution in [0.1, 0.15) is 25.3 Å². The second-order valence-corrected chi connectivity index (χ2v) is 7.49. The molecule has 3 aromatic carbocycles. The van der Waals surface area contributed by atoms with Crippen LogP contribution < -0.4 is 10.1 Å². The van der Waals surface area contributed by atoms with Gasteiger partial charge in [-0.1, -0.05) is 43.3 Å². The van der Waals surface area contributed by atoms with Crippen LogP contribution in [0.5, 0.6) is 11.5 Å². The summed E-state index contributed by atoms with van der Waals surface area (Å²) in [4.78, 5) is 0. The van der Waals surface area contributed by atoms with E-state index in [0.717, 1.165) is 36.4 Å². The summed E-state index contributed by atoms with van der Waals surface area (Å²) in [5.41, 5.74) is 4.94. The summed E-state index contributed by atoms with van der Waals surface area (Å²) in [5.74, 6) is 1.87. The van der Waals surface area contributed by atoms with E-state index in [4.69, 9.17) is 16.3 Å². The molecule has 1 aliphatic carbocycles. The Balaban J connectivity index is 1.74. The number of aryl methyl sites for hydroxylation is 1. The molecule has 2 nitrogen and oxygen atoms in total. The molecule has 0 saturated heterocycles. The number of nitrogens with one attached hydrogen (secondary N) is 1. The molecule has 2 aliphatic rings. The number of alkyl halides is 1. The summed E-state index contributed by atoms with van der Waals surface area (Å²) < 4.78 is 6.28. The van der Waals surface area contributed by atoms with Crippen LogP contribution in [0.15, 0.2) is 48.5 Å². The number of ether oxygens (including phenoxy) is 1. The molecule has 1 saturated carbocycles. The minimum Gasteiger partial charge on any atom is -0.456 e. The molecule has 0 aromatic heterocycles. The fraction of sp³-hybridized carbons (Fsp3) is 0.273. The van der Waals surface area contributed by atoms with Crippen molar-refractivity contribution in [2.75, 3.05) is 5.32 Å². The molecule has 1 heterocycles. The fourth-order valence-corrected chi connectivity index (χ4v) is 4.35. The van der Waals surface area contributed by atoms with Gasteiger partial charge in [-0.25, -0.2) is 0 Å². The number of para-hydroxylation sites is 1. The molecule has 1 unspecified atom stereocenters. The number of rotatable bonds is 3. The molecule has 0 bridgehead atoms. The zero-order valence-corrected chi connectivity index (χ0v) is 14.9. The van der Waals surface area contributed by atoms with Crippen LogP contribution in [0.25, 0.3) is 21.9 Å². The maximum Gasteiger partial charge on any atom is 0.137 e. The van der Waals surface area contributed by atoms with E-state index in [1.54, 1.807) is 0 Å². The van der Waals surface area contributed by atoms with E-state index in [-0.39, 0.29) is 5.38 Å². The van der Waals surface area contributed by atoms with Gasteiger partial charge in [0.2, 0.25) is 0 Å². The maximum atomic E-state index is 6.36. The Bertz CT molecular complexity index is 981. The number of anilines is 1. The minimum absolute atomic E-state index is 0.227. The molecule has 5 rings (SSSR count). The maximum absolute atomic E-state index is 6.36. The summed E-state index contributed by atoms with van der Waals surface area (Å²) in [6.45, 7) is 2.21. The largest absolute Gasteiger partial charge is 0.456 e. The van der Waals surface area contributed by atoms with Crippen LogP contribution in [0.4, 0.5) is 5.69 Å². The molecule has 1 aliphatic heterocycles. The second kappa shape index (κ2) is 5.67. The van der Waals surface area contributed by atoms with Gasteiger partial charge in [-0.3, -0.25) is 0 Å². The summed E-state index contributed by atoms with van der Waals surface area (Å²) in [5, 5.41) is 6.40. The van der Waals surface area contributed by atoms with Crippen LogP contribution in [0.3, 0.4) is 0 Å². The number of fused-ring (bicyclic) bond motifs is 2. The van der Waals surface area contributed by atoms with Crippen LogP contribution in [-0.4, -0.2) is 11.4 Å². The predicted molar refractivity (Wildman–Crippen MR) is 105 cm³/mol. The van der Waals surface area contributed by atoms with Gasteiger partial charge >= 0.3 is 0 Å². The number of benzene rings is 3. The van der Waals surface area contributed by atoms with Crippen LogP contribution in [-0.2, 0) is 6.42 Å². The van der Waals surface area contributed by atoms with E-state index < -0.39 is 0 Å². The molecule has 1 N–H and O–H groups in total. The topological polar surface area (TPSA) is 21.3 Å². The first-order chi connectivity index (χ1) is 12.3.